The van der Waals surface area contributed by atoms with Crippen molar-refractivity contribution in [2.45, 2.75) is 20.3 Å². The molecule has 0 aliphatic carbocycles. The molecule has 0 bridgehead atoms. The minimum absolute atomic E-state index is 0.195. The number of aryl methyl sites for hydroxylation is 1. The van der Waals surface area contributed by atoms with Crippen molar-refractivity contribution in [3.63, 3.8) is 0 Å². The number of carbonyl (C=O) groups excluding carboxylic acids is 1. The summed E-state index contributed by atoms with van der Waals surface area (Å²) in [5, 5.41) is 6.18. The Labute approximate surface area is 153 Å². The van der Waals surface area contributed by atoms with Gasteiger partial charge in [0, 0.05) is 23.9 Å². The van der Waals surface area contributed by atoms with E-state index in [9.17, 15) is 4.79 Å². The molecule has 0 fully saturated rings. The highest BCUT2D eigenvalue weighted by atomic mass is 16.1. The molecule has 5 nitrogen and oxygen atoms in total. The smallest absolute Gasteiger partial charge is 0.270 e. The van der Waals surface area contributed by atoms with Crippen LogP contribution in [0.1, 0.15) is 29.4 Å². The number of hydrogen-bond donors (Lipinski definition) is 2. The van der Waals surface area contributed by atoms with Crippen LogP contribution >= 0.6 is 0 Å². The molecule has 0 radical (unpaired) electrons. The Hall–Kier alpha value is -3.21. The monoisotopic (exact) mass is 346 g/mol. The first-order chi connectivity index (χ1) is 12.7. The molecule has 1 aromatic heterocycles. The highest BCUT2D eigenvalue weighted by Crippen LogP contribution is 2.22. The van der Waals surface area contributed by atoms with Crippen LogP contribution in [0.5, 0.6) is 0 Å². The maximum Gasteiger partial charge on any atom is 0.270 e. The van der Waals surface area contributed by atoms with Crippen LogP contribution in [-0.4, -0.2) is 22.4 Å². The quantitative estimate of drug-likeness (QED) is 0.697. The summed E-state index contributed by atoms with van der Waals surface area (Å²) in [5.74, 6) is 0.917. The fraction of sp³-hybridized carbons (Fsp3) is 0.190. The van der Waals surface area contributed by atoms with Gasteiger partial charge in [0.1, 0.15) is 11.5 Å². The average Bonchev–Trinajstić information content (AvgIpc) is 2.68. The maximum absolute atomic E-state index is 12.4. The molecule has 0 spiro atoms. The van der Waals surface area contributed by atoms with Crippen molar-refractivity contribution in [3.8, 4) is 11.4 Å². The van der Waals surface area contributed by atoms with E-state index >= 15 is 0 Å². The van der Waals surface area contributed by atoms with E-state index in [-0.39, 0.29) is 5.91 Å². The Morgan fingerprint density at radius 2 is 1.73 bits per heavy atom. The van der Waals surface area contributed by atoms with Crippen molar-refractivity contribution in [1.29, 1.82) is 0 Å². The third kappa shape index (κ3) is 4.25. The highest BCUT2D eigenvalue weighted by Gasteiger charge is 2.13. The van der Waals surface area contributed by atoms with Crippen LogP contribution in [0.15, 0.2) is 60.7 Å². The van der Waals surface area contributed by atoms with Crippen molar-refractivity contribution >= 4 is 17.4 Å². The van der Waals surface area contributed by atoms with Gasteiger partial charge < -0.3 is 10.6 Å². The van der Waals surface area contributed by atoms with Crippen LogP contribution in [0.25, 0.3) is 11.4 Å². The zero-order valence-electron chi connectivity index (χ0n) is 15.0. The van der Waals surface area contributed by atoms with E-state index in [0.29, 0.717) is 23.9 Å². The molecular weight excluding hydrogens is 324 g/mol. The van der Waals surface area contributed by atoms with E-state index in [1.54, 1.807) is 6.07 Å². The van der Waals surface area contributed by atoms with Gasteiger partial charge in [0.15, 0.2) is 5.82 Å². The second-order valence-electron chi connectivity index (χ2n) is 6.02. The number of anilines is 2. The summed E-state index contributed by atoms with van der Waals surface area (Å²) < 4.78 is 0. The minimum atomic E-state index is -0.195. The van der Waals surface area contributed by atoms with Crippen molar-refractivity contribution in [1.82, 2.24) is 15.3 Å². The van der Waals surface area contributed by atoms with Crippen molar-refractivity contribution < 1.29 is 4.79 Å². The third-order valence-electron chi connectivity index (χ3n) is 3.93. The zero-order valence-corrected chi connectivity index (χ0v) is 15.0. The summed E-state index contributed by atoms with van der Waals surface area (Å²) in [6.45, 7) is 4.65. The molecule has 0 unspecified atom stereocenters. The van der Waals surface area contributed by atoms with Crippen LogP contribution < -0.4 is 10.6 Å². The second-order valence-corrected chi connectivity index (χ2v) is 6.02. The van der Waals surface area contributed by atoms with Crippen LogP contribution in [-0.2, 0) is 0 Å². The molecule has 0 aliphatic heterocycles. The molecule has 3 aromatic rings. The summed E-state index contributed by atoms with van der Waals surface area (Å²) in [4.78, 5) is 21.5. The number of para-hydroxylation sites is 1. The Bertz CT molecular complexity index is 894. The minimum Gasteiger partial charge on any atom is -0.351 e. The molecular formula is C21H22N4O. The Morgan fingerprint density at radius 3 is 2.46 bits per heavy atom. The molecule has 3 rings (SSSR count). The summed E-state index contributed by atoms with van der Waals surface area (Å²) >= 11 is 0. The summed E-state index contributed by atoms with van der Waals surface area (Å²) in [6, 6.07) is 19.3. The van der Waals surface area contributed by atoms with Gasteiger partial charge in [-0.2, -0.15) is 0 Å². The summed E-state index contributed by atoms with van der Waals surface area (Å²) in [6.07, 6.45) is 0.872. The lowest BCUT2D eigenvalue weighted by Crippen LogP contribution is -2.25. The Balaban J connectivity index is 2.00. The predicted molar refractivity (Wildman–Crippen MR) is 105 cm³/mol. The van der Waals surface area contributed by atoms with Gasteiger partial charge in [-0.05, 0) is 25.0 Å². The van der Waals surface area contributed by atoms with Gasteiger partial charge in [0.05, 0.1) is 0 Å². The largest absolute Gasteiger partial charge is 0.351 e. The van der Waals surface area contributed by atoms with Gasteiger partial charge >= 0.3 is 0 Å². The standard InChI is InChI=1S/C21H22N4O/c1-3-13-22-21(26)18-14-19(23-17-12-8-7-9-15(17)2)25-20(24-18)16-10-5-4-6-11-16/h4-12,14H,3,13H2,1-2H3,(H,22,26)(H,23,24,25). The Kier molecular flexibility index (Phi) is 5.59. The molecule has 26 heavy (non-hydrogen) atoms. The van der Waals surface area contributed by atoms with E-state index in [2.05, 4.69) is 20.6 Å². The van der Waals surface area contributed by atoms with E-state index < -0.39 is 0 Å². The number of nitrogens with zero attached hydrogens (tertiary/aromatic N) is 2. The number of benzene rings is 2. The average molecular weight is 346 g/mol. The molecule has 5 heteroatoms. The van der Waals surface area contributed by atoms with Crippen molar-refractivity contribution in [2.24, 2.45) is 0 Å². The first-order valence-corrected chi connectivity index (χ1v) is 8.72. The van der Waals surface area contributed by atoms with Crippen LogP contribution in [0, 0.1) is 6.92 Å². The summed E-state index contributed by atoms with van der Waals surface area (Å²) in [5.41, 5.74) is 3.27. The summed E-state index contributed by atoms with van der Waals surface area (Å²) in [7, 11) is 0. The lowest BCUT2D eigenvalue weighted by molar-refractivity contribution is 0.0948. The topological polar surface area (TPSA) is 66.9 Å². The van der Waals surface area contributed by atoms with Gasteiger partial charge in [-0.1, -0.05) is 55.5 Å². The number of rotatable bonds is 6. The number of amides is 1. The molecule has 132 valence electrons. The number of carbonyl (C=O) groups is 1. The molecule has 2 aromatic carbocycles. The molecule has 0 atom stereocenters. The molecule has 2 N–H and O–H groups in total. The molecule has 1 amide bonds. The van der Waals surface area contributed by atoms with Crippen LogP contribution in [0.3, 0.4) is 0 Å². The third-order valence-corrected chi connectivity index (χ3v) is 3.93. The second kappa shape index (κ2) is 8.25. The highest BCUT2D eigenvalue weighted by molar-refractivity contribution is 5.93. The number of aromatic nitrogens is 2. The lowest BCUT2D eigenvalue weighted by Gasteiger charge is -2.12. The maximum atomic E-state index is 12.4. The van der Waals surface area contributed by atoms with Crippen LogP contribution in [0.2, 0.25) is 0 Å². The number of hydrogen-bond acceptors (Lipinski definition) is 4. The van der Waals surface area contributed by atoms with E-state index in [4.69, 9.17) is 0 Å². The van der Waals surface area contributed by atoms with E-state index in [1.165, 1.54) is 0 Å². The fourth-order valence-corrected chi connectivity index (χ4v) is 2.52. The Morgan fingerprint density at radius 1 is 1.00 bits per heavy atom. The zero-order chi connectivity index (χ0) is 18.4. The van der Waals surface area contributed by atoms with E-state index in [1.807, 2.05) is 68.4 Å². The van der Waals surface area contributed by atoms with Gasteiger partial charge in [0.2, 0.25) is 0 Å². The SMILES string of the molecule is CCCNC(=O)c1cc(Nc2ccccc2C)nc(-c2ccccc2)n1. The molecule has 0 aliphatic rings. The van der Waals surface area contributed by atoms with Crippen molar-refractivity contribution in [3.05, 3.63) is 71.9 Å². The van der Waals surface area contributed by atoms with E-state index in [0.717, 1.165) is 23.2 Å². The van der Waals surface area contributed by atoms with Gasteiger partial charge in [-0.3, -0.25) is 4.79 Å². The fourth-order valence-electron chi connectivity index (χ4n) is 2.52. The van der Waals surface area contributed by atoms with Crippen molar-refractivity contribution in [2.75, 3.05) is 11.9 Å². The first kappa shape index (κ1) is 17.6. The normalized spacial score (nSPS) is 10.4. The molecule has 0 saturated heterocycles. The van der Waals surface area contributed by atoms with Gasteiger partial charge in [-0.15, -0.1) is 0 Å². The predicted octanol–water partition coefficient (Wildman–Crippen LogP) is 4.34. The number of nitrogens with one attached hydrogen (secondary N) is 2. The van der Waals surface area contributed by atoms with Gasteiger partial charge in [0.25, 0.3) is 5.91 Å². The van der Waals surface area contributed by atoms with Gasteiger partial charge in [-0.25, -0.2) is 9.97 Å². The first-order valence-electron chi connectivity index (χ1n) is 8.72. The molecule has 1 heterocycles. The molecule has 0 saturated carbocycles. The lowest BCUT2D eigenvalue weighted by atomic mass is 10.2. The van der Waals surface area contributed by atoms with Crippen LogP contribution in [0.4, 0.5) is 11.5 Å².